The summed E-state index contributed by atoms with van der Waals surface area (Å²) in [6, 6.07) is 17.8. The van der Waals surface area contributed by atoms with Gasteiger partial charge in [-0.1, -0.05) is 75.6 Å². The van der Waals surface area contributed by atoms with E-state index in [1.54, 1.807) is 7.11 Å². The summed E-state index contributed by atoms with van der Waals surface area (Å²) in [6.45, 7) is 6.68. The van der Waals surface area contributed by atoms with Crippen molar-refractivity contribution in [1.29, 1.82) is 0 Å². The maximum atomic E-state index is 12.8. The zero-order valence-corrected chi connectivity index (χ0v) is 17.5. The molecule has 2 rings (SSSR count). The van der Waals surface area contributed by atoms with Crippen molar-refractivity contribution < 1.29 is 14.3 Å². The molecule has 0 saturated carbocycles. The first-order valence-electron chi connectivity index (χ1n) is 10.2. The van der Waals surface area contributed by atoms with Gasteiger partial charge in [-0.15, -0.1) is 0 Å². The van der Waals surface area contributed by atoms with Crippen LogP contribution in [0.1, 0.15) is 57.6 Å². The molecule has 3 heteroatoms. The normalized spacial score (nSPS) is 12.9. The molecule has 1 unspecified atom stereocenters. The largest absolute Gasteiger partial charge is 0.497 e. The molecule has 0 aromatic heterocycles. The van der Waals surface area contributed by atoms with E-state index in [-0.39, 0.29) is 5.97 Å². The van der Waals surface area contributed by atoms with Crippen LogP contribution >= 0.6 is 0 Å². The number of ether oxygens (including phenoxy) is 2. The van der Waals surface area contributed by atoms with Gasteiger partial charge >= 0.3 is 5.97 Å². The summed E-state index contributed by atoms with van der Waals surface area (Å²) in [6.07, 6.45) is 4.47. The van der Waals surface area contributed by atoms with E-state index in [4.69, 9.17) is 9.47 Å². The summed E-state index contributed by atoms with van der Waals surface area (Å²) in [5.74, 6) is 0.973. The Hall–Kier alpha value is -2.55. The molecule has 0 N–H and O–H groups in total. The van der Waals surface area contributed by atoms with Gasteiger partial charge in [0.2, 0.25) is 0 Å². The first-order valence-corrected chi connectivity index (χ1v) is 10.2. The Bertz CT molecular complexity index is 760. The molecule has 0 bridgehead atoms. The molecule has 0 aliphatic carbocycles. The second-order valence-electron chi connectivity index (χ2n) is 7.11. The highest BCUT2D eigenvalue weighted by atomic mass is 16.5. The average Bonchev–Trinajstić information content (AvgIpc) is 2.75. The third-order valence-corrected chi connectivity index (χ3v) is 5.12. The highest BCUT2D eigenvalue weighted by Crippen LogP contribution is 2.29. The predicted octanol–water partition coefficient (Wildman–Crippen LogP) is 6.28. The van der Waals surface area contributed by atoms with Gasteiger partial charge in [0.25, 0.3) is 0 Å². The number of unbranched alkanes of at least 4 members (excludes halogenated alkanes) is 1. The molecule has 0 spiro atoms. The highest BCUT2D eigenvalue weighted by Gasteiger charge is 2.17. The molecular formula is C25H32O3. The lowest BCUT2D eigenvalue weighted by Gasteiger charge is -2.17. The van der Waals surface area contributed by atoms with Gasteiger partial charge in [0.1, 0.15) is 5.75 Å². The van der Waals surface area contributed by atoms with E-state index in [1.807, 2.05) is 61.5 Å². The van der Waals surface area contributed by atoms with Crippen molar-refractivity contribution in [3.8, 4) is 5.75 Å². The lowest BCUT2D eigenvalue weighted by molar-refractivity contribution is -0.140. The fourth-order valence-electron chi connectivity index (χ4n) is 3.26. The third kappa shape index (κ3) is 5.98. The van der Waals surface area contributed by atoms with Crippen molar-refractivity contribution in [3.63, 3.8) is 0 Å². The molecule has 0 aliphatic heterocycles. The van der Waals surface area contributed by atoms with E-state index in [0.29, 0.717) is 18.1 Å². The van der Waals surface area contributed by atoms with E-state index in [0.717, 1.165) is 35.3 Å². The molecule has 0 aliphatic rings. The molecule has 0 fully saturated rings. The van der Waals surface area contributed by atoms with Gasteiger partial charge < -0.3 is 9.47 Å². The number of esters is 1. The summed E-state index contributed by atoms with van der Waals surface area (Å²) >= 11 is 0. The van der Waals surface area contributed by atoms with Crippen LogP contribution in [-0.4, -0.2) is 19.7 Å². The monoisotopic (exact) mass is 380 g/mol. The molecule has 2 aromatic rings. The zero-order chi connectivity index (χ0) is 20.4. The van der Waals surface area contributed by atoms with Crippen molar-refractivity contribution in [2.45, 2.75) is 46.5 Å². The van der Waals surface area contributed by atoms with Crippen molar-refractivity contribution in [1.82, 2.24) is 0 Å². The quantitative estimate of drug-likeness (QED) is 0.359. The Morgan fingerprint density at radius 2 is 1.61 bits per heavy atom. The van der Waals surface area contributed by atoms with Gasteiger partial charge in [0.05, 0.1) is 13.7 Å². The van der Waals surface area contributed by atoms with E-state index in [9.17, 15) is 4.79 Å². The standard InChI is InChI=1S/C25H32O3/c1-5-7-11-20(6-2)18-28-25(26)19(3)24(21-12-9-8-10-13-21)22-14-16-23(27-4)17-15-22/h8-10,12-17,20H,5-7,11,18H2,1-4H3/b24-19+. The summed E-state index contributed by atoms with van der Waals surface area (Å²) in [5.41, 5.74) is 3.50. The first kappa shape index (κ1) is 21.7. The number of methoxy groups -OCH3 is 1. The van der Waals surface area contributed by atoms with Crippen molar-refractivity contribution >= 4 is 11.5 Å². The molecule has 0 radical (unpaired) electrons. The Labute approximate surface area is 169 Å². The minimum atomic E-state index is -0.246. The fourth-order valence-corrected chi connectivity index (χ4v) is 3.26. The predicted molar refractivity (Wildman–Crippen MR) is 115 cm³/mol. The average molecular weight is 381 g/mol. The Kier molecular flexibility index (Phi) is 8.80. The molecule has 0 heterocycles. The van der Waals surface area contributed by atoms with E-state index in [1.165, 1.54) is 12.8 Å². The second kappa shape index (κ2) is 11.3. The topological polar surface area (TPSA) is 35.5 Å². The van der Waals surface area contributed by atoms with Crippen molar-refractivity contribution in [3.05, 3.63) is 71.3 Å². The van der Waals surface area contributed by atoms with Crippen LogP contribution in [0.25, 0.3) is 5.57 Å². The number of hydrogen-bond donors (Lipinski definition) is 0. The number of hydrogen-bond acceptors (Lipinski definition) is 3. The Morgan fingerprint density at radius 3 is 2.18 bits per heavy atom. The number of carbonyl (C=O) groups is 1. The minimum absolute atomic E-state index is 0.246. The molecule has 150 valence electrons. The number of carbonyl (C=O) groups excluding carboxylic acids is 1. The summed E-state index contributed by atoms with van der Waals surface area (Å²) in [4.78, 5) is 12.8. The number of benzene rings is 2. The zero-order valence-electron chi connectivity index (χ0n) is 17.5. The summed E-state index contributed by atoms with van der Waals surface area (Å²) < 4.78 is 11.0. The van der Waals surface area contributed by atoms with Crippen molar-refractivity contribution in [2.24, 2.45) is 5.92 Å². The Balaban J connectivity index is 2.29. The van der Waals surface area contributed by atoms with Crippen LogP contribution in [-0.2, 0) is 9.53 Å². The maximum Gasteiger partial charge on any atom is 0.334 e. The maximum absolute atomic E-state index is 12.8. The Morgan fingerprint density at radius 1 is 0.964 bits per heavy atom. The van der Waals surface area contributed by atoms with Crippen LogP contribution < -0.4 is 4.74 Å². The smallest absolute Gasteiger partial charge is 0.334 e. The highest BCUT2D eigenvalue weighted by molar-refractivity contribution is 6.01. The third-order valence-electron chi connectivity index (χ3n) is 5.12. The van der Waals surface area contributed by atoms with Gasteiger partial charge in [0, 0.05) is 5.57 Å². The summed E-state index contributed by atoms with van der Waals surface area (Å²) in [5, 5.41) is 0. The van der Waals surface area contributed by atoms with Crippen LogP contribution in [0, 0.1) is 5.92 Å². The van der Waals surface area contributed by atoms with Gasteiger partial charge in [-0.3, -0.25) is 0 Å². The SMILES string of the molecule is CCCCC(CC)COC(=O)/C(C)=C(\c1ccccc1)c1ccc(OC)cc1. The van der Waals surface area contributed by atoms with E-state index >= 15 is 0 Å². The van der Waals surface area contributed by atoms with E-state index < -0.39 is 0 Å². The van der Waals surface area contributed by atoms with Crippen LogP contribution in [0.4, 0.5) is 0 Å². The fraction of sp³-hybridized carbons (Fsp3) is 0.400. The van der Waals surface area contributed by atoms with E-state index in [2.05, 4.69) is 13.8 Å². The second-order valence-corrected chi connectivity index (χ2v) is 7.11. The van der Waals surface area contributed by atoms with Gasteiger partial charge in [0.15, 0.2) is 0 Å². The van der Waals surface area contributed by atoms with Gasteiger partial charge in [-0.2, -0.15) is 0 Å². The van der Waals surface area contributed by atoms with Crippen LogP contribution in [0.2, 0.25) is 0 Å². The molecule has 28 heavy (non-hydrogen) atoms. The lowest BCUT2D eigenvalue weighted by atomic mass is 9.93. The number of rotatable bonds is 10. The molecule has 0 amide bonds. The van der Waals surface area contributed by atoms with Gasteiger partial charge in [-0.05, 0) is 48.1 Å². The summed E-state index contributed by atoms with van der Waals surface area (Å²) in [7, 11) is 1.65. The van der Waals surface area contributed by atoms with Crippen LogP contribution in [0.5, 0.6) is 5.75 Å². The lowest BCUT2D eigenvalue weighted by Crippen LogP contribution is -2.15. The minimum Gasteiger partial charge on any atom is -0.497 e. The molecule has 0 saturated heterocycles. The first-order chi connectivity index (χ1) is 13.6. The molecule has 2 aromatic carbocycles. The van der Waals surface area contributed by atoms with Crippen LogP contribution in [0.15, 0.2) is 60.2 Å². The van der Waals surface area contributed by atoms with Crippen molar-refractivity contribution in [2.75, 3.05) is 13.7 Å². The molecule has 3 nitrogen and oxygen atoms in total. The molecule has 1 atom stereocenters. The van der Waals surface area contributed by atoms with Crippen LogP contribution in [0.3, 0.4) is 0 Å². The molecular weight excluding hydrogens is 348 g/mol. The van der Waals surface area contributed by atoms with Gasteiger partial charge in [-0.25, -0.2) is 4.79 Å².